The van der Waals surface area contributed by atoms with Gasteiger partial charge in [0.15, 0.2) is 0 Å². The van der Waals surface area contributed by atoms with Crippen molar-refractivity contribution in [2.45, 2.75) is 30.2 Å². The van der Waals surface area contributed by atoms with E-state index in [0.717, 1.165) is 18.2 Å². The van der Waals surface area contributed by atoms with E-state index in [9.17, 15) is 17.6 Å². The summed E-state index contributed by atoms with van der Waals surface area (Å²) in [5.74, 6) is -1.38. The molecule has 1 heterocycles. The SMILES string of the molecule is CC1(NC(=O)c2cc(F)cc(S(=O)(=O)Cl)c2)CCOCC1. The number of rotatable bonds is 3. The van der Waals surface area contributed by atoms with E-state index in [2.05, 4.69) is 5.32 Å². The van der Waals surface area contributed by atoms with E-state index < -0.39 is 31.2 Å². The first-order chi connectivity index (χ1) is 9.70. The Kier molecular flexibility index (Phi) is 4.55. The van der Waals surface area contributed by atoms with E-state index in [1.54, 1.807) is 0 Å². The molecule has 1 aliphatic heterocycles. The normalized spacial score (nSPS) is 18.2. The molecule has 21 heavy (non-hydrogen) atoms. The van der Waals surface area contributed by atoms with Crippen molar-refractivity contribution in [1.29, 1.82) is 0 Å². The first-order valence-corrected chi connectivity index (χ1v) is 8.66. The maximum absolute atomic E-state index is 13.5. The van der Waals surface area contributed by atoms with Crippen molar-refractivity contribution < 1.29 is 22.3 Å². The van der Waals surface area contributed by atoms with Crippen LogP contribution in [-0.4, -0.2) is 33.1 Å². The highest BCUT2D eigenvalue weighted by Crippen LogP contribution is 2.22. The summed E-state index contributed by atoms with van der Waals surface area (Å²) in [7, 11) is 1.09. The van der Waals surface area contributed by atoms with Crippen molar-refractivity contribution in [3.63, 3.8) is 0 Å². The molecule has 116 valence electrons. The zero-order valence-corrected chi connectivity index (χ0v) is 12.9. The first kappa shape index (κ1) is 16.2. The highest BCUT2D eigenvalue weighted by molar-refractivity contribution is 8.13. The minimum Gasteiger partial charge on any atom is -0.381 e. The Bertz CT molecular complexity index is 656. The topological polar surface area (TPSA) is 72.5 Å². The van der Waals surface area contributed by atoms with Gasteiger partial charge in [0.2, 0.25) is 0 Å². The van der Waals surface area contributed by atoms with Gasteiger partial charge in [-0.05, 0) is 38.0 Å². The Morgan fingerprint density at radius 3 is 2.52 bits per heavy atom. The van der Waals surface area contributed by atoms with Gasteiger partial charge < -0.3 is 10.1 Å². The summed E-state index contributed by atoms with van der Waals surface area (Å²) in [5, 5.41) is 2.79. The molecule has 0 saturated carbocycles. The van der Waals surface area contributed by atoms with Gasteiger partial charge in [0.25, 0.3) is 15.0 Å². The lowest BCUT2D eigenvalue weighted by Gasteiger charge is -2.34. The Hall–Kier alpha value is -1.18. The summed E-state index contributed by atoms with van der Waals surface area (Å²) < 4.78 is 41.2. The summed E-state index contributed by atoms with van der Waals surface area (Å²) in [6.07, 6.45) is 1.27. The average molecular weight is 336 g/mol. The van der Waals surface area contributed by atoms with E-state index in [-0.39, 0.29) is 5.56 Å². The Balaban J connectivity index is 2.25. The lowest BCUT2D eigenvalue weighted by molar-refractivity contribution is 0.0422. The molecule has 0 aromatic heterocycles. The Labute approximate surface area is 126 Å². The van der Waals surface area contributed by atoms with Crippen molar-refractivity contribution in [3.05, 3.63) is 29.6 Å². The summed E-state index contributed by atoms with van der Waals surface area (Å²) in [6.45, 7) is 2.93. The number of benzene rings is 1. The van der Waals surface area contributed by atoms with Crippen molar-refractivity contribution in [2.75, 3.05) is 13.2 Å². The molecule has 1 aromatic rings. The number of hydrogen-bond acceptors (Lipinski definition) is 4. The van der Waals surface area contributed by atoms with E-state index >= 15 is 0 Å². The van der Waals surface area contributed by atoms with Gasteiger partial charge in [0, 0.05) is 35.0 Å². The number of carbonyl (C=O) groups excluding carboxylic acids is 1. The molecule has 1 aliphatic rings. The van der Waals surface area contributed by atoms with Gasteiger partial charge in [-0.25, -0.2) is 12.8 Å². The summed E-state index contributed by atoms with van der Waals surface area (Å²) in [6, 6.07) is 2.81. The van der Waals surface area contributed by atoms with Gasteiger partial charge >= 0.3 is 0 Å². The Morgan fingerprint density at radius 1 is 1.33 bits per heavy atom. The lowest BCUT2D eigenvalue weighted by atomic mass is 9.92. The second-order valence-electron chi connectivity index (χ2n) is 5.24. The number of halogens is 2. The van der Waals surface area contributed by atoms with E-state index in [1.165, 1.54) is 0 Å². The fourth-order valence-electron chi connectivity index (χ4n) is 2.13. The molecule has 0 spiro atoms. The van der Waals surface area contributed by atoms with Gasteiger partial charge in [0.05, 0.1) is 4.90 Å². The molecule has 0 aliphatic carbocycles. The fraction of sp³-hybridized carbons (Fsp3) is 0.462. The molecule has 0 bridgehead atoms. The van der Waals surface area contributed by atoms with Crippen LogP contribution in [0.15, 0.2) is 23.1 Å². The predicted molar refractivity (Wildman–Crippen MR) is 75.4 cm³/mol. The minimum absolute atomic E-state index is 0.0815. The zero-order chi connectivity index (χ0) is 15.7. The molecule has 1 fully saturated rings. The molecular weight excluding hydrogens is 321 g/mol. The second-order valence-corrected chi connectivity index (χ2v) is 7.81. The monoisotopic (exact) mass is 335 g/mol. The van der Waals surface area contributed by atoms with E-state index in [4.69, 9.17) is 15.4 Å². The van der Waals surface area contributed by atoms with E-state index in [0.29, 0.717) is 26.1 Å². The molecule has 5 nitrogen and oxygen atoms in total. The molecular formula is C13H15ClFNO4S. The van der Waals surface area contributed by atoms with Gasteiger partial charge in [-0.3, -0.25) is 4.79 Å². The van der Waals surface area contributed by atoms with Crippen LogP contribution < -0.4 is 5.32 Å². The van der Waals surface area contributed by atoms with Crippen LogP contribution in [0.4, 0.5) is 4.39 Å². The molecule has 1 aromatic carbocycles. The third kappa shape index (κ3) is 4.15. The number of hydrogen-bond donors (Lipinski definition) is 1. The molecule has 2 rings (SSSR count). The molecule has 0 atom stereocenters. The van der Waals surface area contributed by atoms with Crippen molar-refractivity contribution in [2.24, 2.45) is 0 Å². The largest absolute Gasteiger partial charge is 0.381 e. The minimum atomic E-state index is -4.10. The lowest BCUT2D eigenvalue weighted by Crippen LogP contribution is -2.49. The number of ether oxygens (including phenoxy) is 1. The fourth-order valence-corrected chi connectivity index (χ4v) is 2.92. The van der Waals surface area contributed by atoms with Crippen LogP contribution in [0, 0.1) is 5.82 Å². The van der Waals surface area contributed by atoms with Crippen LogP contribution in [0.3, 0.4) is 0 Å². The standard InChI is InChI=1S/C13H15ClFNO4S/c1-13(2-4-20-5-3-13)16-12(17)9-6-10(15)8-11(7-9)21(14,18)19/h6-8H,2-5H2,1H3,(H,16,17). The first-order valence-electron chi connectivity index (χ1n) is 6.35. The third-order valence-electron chi connectivity index (χ3n) is 3.43. The maximum Gasteiger partial charge on any atom is 0.261 e. The van der Waals surface area contributed by atoms with Crippen molar-refractivity contribution in [1.82, 2.24) is 5.32 Å². The van der Waals surface area contributed by atoms with Crippen molar-refractivity contribution >= 4 is 25.6 Å². The van der Waals surface area contributed by atoms with Crippen molar-refractivity contribution in [3.8, 4) is 0 Å². The predicted octanol–water partition coefficient (Wildman–Crippen LogP) is 2.05. The highest BCUT2D eigenvalue weighted by atomic mass is 35.7. The van der Waals surface area contributed by atoms with Crippen LogP contribution in [0.25, 0.3) is 0 Å². The maximum atomic E-state index is 13.5. The van der Waals surface area contributed by atoms with Gasteiger partial charge in [-0.2, -0.15) is 0 Å². The molecule has 1 saturated heterocycles. The third-order valence-corrected chi connectivity index (χ3v) is 4.76. The van der Waals surface area contributed by atoms with E-state index in [1.807, 2.05) is 6.92 Å². The van der Waals surface area contributed by atoms with Crippen LogP contribution in [-0.2, 0) is 13.8 Å². The smallest absolute Gasteiger partial charge is 0.261 e. The zero-order valence-electron chi connectivity index (χ0n) is 11.4. The van der Waals surface area contributed by atoms with Gasteiger partial charge in [0.1, 0.15) is 5.82 Å². The number of nitrogens with one attached hydrogen (secondary N) is 1. The van der Waals surface area contributed by atoms with Gasteiger partial charge in [-0.1, -0.05) is 0 Å². The molecule has 1 N–H and O–H groups in total. The van der Waals surface area contributed by atoms with Crippen LogP contribution in [0.2, 0.25) is 0 Å². The molecule has 0 unspecified atom stereocenters. The molecule has 1 amide bonds. The second kappa shape index (κ2) is 5.90. The van der Waals surface area contributed by atoms with Gasteiger partial charge in [-0.15, -0.1) is 0 Å². The van der Waals surface area contributed by atoms with Crippen LogP contribution in [0.1, 0.15) is 30.1 Å². The van der Waals surface area contributed by atoms with Crippen LogP contribution >= 0.6 is 10.7 Å². The molecule has 0 radical (unpaired) electrons. The summed E-state index contributed by atoms with van der Waals surface area (Å²) >= 11 is 0. The number of carbonyl (C=O) groups is 1. The summed E-state index contributed by atoms with van der Waals surface area (Å²) in [5.41, 5.74) is -0.538. The highest BCUT2D eigenvalue weighted by Gasteiger charge is 2.29. The summed E-state index contributed by atoms with van der Waals surface area (Å²) in [4.78, 5) is 11.8. The Morgan fingerprint density at radius 2 is 1.95 bits per heavy atom. The number of amides is 1. The average Bonchev–Trinajstić information content (AvgIpc) is 2.37. The quantitative estimate of drug-likeness (QED) is 0.858. The van der Waals surface area contributed by atoms with Crippen LogP contribution in [0.5, 0.6) is 0 Å². The molecule has 8 heteroatoms.